The smallest absolute Gasteiger partial charge is 0.274 e. The molecule has 1 heterocycles. The molecule has 0 bridgehead atoms. The number of fused-ring (bicyclic) bond motifs is 1. The van der Waals surface area contributed by atoms with Crippen molar-refractivity contribution >= 4 is 46.0 Å². The van der Waals surface area contributed by atoms with E-state index in [1.54, 1.807) is 6.08 Å². The third-order valence-corrected chi connectivity index (χ3v) is 6.54. The second-order valence-corrected chi connectivity index (χ2v) is 9.05. The van der Waals surface area contributed by atoms with Gasteiger partial charge in [-0.25, -0.2) is 5.43 Å². The number of phenols is 1. The van der Waals surface area contributed by atoms with Crippen LogP contribution in [0.15, 0.2) is 77.5 Å². The first-order valence-electron chi connectivity index (χ1n) is 11.7. The molecule has 0 saturated heterocycles. The van der Waals surface area contributed by atoms with E-state index < -0.39 is 10.8 Å². The number of non-ortho nitro benzene ring substituents is 1. The molecule has 4 aromatic rings. The second kappa shape index (κ2) is 12.6. The molecule has 0 atom stereocenters. The Hall–Kier alpha value is -4.91. The Morgan fingerprint density at radius 3 is 2.82 bits per heavy atom. The number of nitrogens with one attached hydrogen (secondary N) is 2. The van der Waals surface area contributed by atoms with Gasteiger partial charge in [0.1, 0.15) is 0 Å². The van der Waals surface area contributed by atoms with Crippen LogP contribution in [0.5, 0.6) is 11.5 Å². The van der Waals surface area contributed by atoms with E-state index in [0.29, 0.717) is 24.1 Å². The van der Waals surface area contributed by atoms with Gasteiger partial charge in [-0.2, -0.15) is 5.10 Å². The standard InChI is InChI=1S/C26H25N7O5S/c1-3-11-32-23(15-27-21-10-6-8-17-7-4-5-9-20(17)21)29-31-26(32)39-16-24(34)30-28-14-18-12-19(33(36)37)13-22(38-2)25(18)35/h3-10,12-14,27,35H,1,11,15-16H2,2H3,(H,30,34)/b28-14+. The summed E-state index contributed by atoms with van der Waals surface area (Å²) in [5.74, 6) is -0.207. The predicted molar refractivity (Wildman–Crippen MR) is 149 cm³/mol. The average Bonchev–Trinajstić information content (AvgIpc) is 3.32. The first kappa shape index (κ1) is 27.1. The number of benzene rings is 3. The van der Waals surface area contributed by atoms with Crippen molar-refractivity contribution in [2.24, 2.45) is 5.10 Å². The molecule has 4 rings (SSSR count). The summed E-state index contributed by atoms with van der Waals surface area (Å²) in [4.78, 5) is 22.8. The number of hydrogen-bond donors (Lipinski definition) is 3. The third-order valence-electron chi connectivity index (χ3n) is 5.58. The Morgan fingerprint density at radius 2 is 2.05 bits per heavy atom. The number of thioether (sulfide) groups is 1. The van der Waals surface area contributed by atoms with Crippen molar-refractivity contribution in [1.29, 1.82) is 0 Å². The summed E-state index contributed by atoms with van der Waals surface area (Å²) in [6, 6.07) is 16.3. The first-order chi connectivity index (χ1) is 18.9. The van der Waals surface area contributed by atoms with Crippen LogP contribution in [0.1, 0.15) is 11.4 Å². The fourth-order valence-electron chi connectivity index (χ4n) is 3.73. The number of nitro groups is 1. The molecule has 0 saturated carbocycles. The second-order valence-electron chi connectivity index (χ2n) is 8.10. The number of carbonyl (C=O) groups excluding carboxylic acids is 1. The summed E-state index contributed by atoms with van der Waals surface area (Å²) in [7, 11) is 1.27. The lowest BCUT2D eigenvalue weighted by Gasteiger charge is -2.11. The number of aromatic hydroxyl groups is 1. The highest BCUT2D eigenvalue weighted by atomic mass is 32.2. The van der Waals surface area contributed by atoms with E-state index in [2.05, 4.69) is 32.6 Å². The molecule has 1 aromatic heterocycles. The molecule has 3 aromatic carbocycles. The zero-order chi connectivity index (χ0) is 27.8. The minimum atomic E-state index is -0.625. The molecule has 0 aliphatic heterocycles. The van der Waals surface area contributed by atoms with Crippen LogP contribution in [-0.2, 0) is 17.9 Å². The molecular weight excluding hydrogens is 522 g/mol. The van der Waals surface area contributed by atoms with E-state index in [4.69, 9.17) is 4.74 Å². The lowest BCUT2D eigenvalue weighted by Crippen LogP contribution is -2.20. The molecule has 0 aliphatic carbocycles. The van der Waals surface area contributed by atoms with Gasteiger partial charge in [-0.3, -0.25) is 14.9 Å². The summed E-state index contributed by atoms with van der Waals surface area (Å²) in [6.45, 7) is 4.67. The van der Waals surface area contributed by atoms with Gasteiger partial charge in [-0.05, 0) is 11.5 Å². The van der Waals surface area contributed by atoms with Crippen LogP contribution in [0, 0.1) is 10.1 Å². The van der Waals surface area contributed by atoms with Gasteiger partial charge < -0.3 is 19.7 Å². The third kappa shape index (κ3) is 6.51. The van der Waals surface area contributed by atoms with Gasteiger partial charge >= 0.3 is 0 Å². The van der Waals surface area contributed by atoms with E-state index in [0.717, 1.165) is 34.8 Å². The largest absolute Gasteiger partial charge is 0.504 e. The van der Waals surface area contributed by atoms with Crippen molar-refractivity contribution in [2.45, 2.75) is 18.2 Å². The number of allylic oxidation sites excluding steroid dienone is 1. The number of rotatable bonds is 12. The summed E-state index contributed by atoms with van der Waals surface area (Å²) >= 11 is 1.17. The van der Waals surface area contributed by atoms with Crippen molar-refractivity contribution in [2.75, 3.05) is 18.2 Å². The number of methoxy groups -OCH3 is 1. The number of nitrogens with zero attached hydrogens (tertiary/aromatic N) is 5. The van der Waals surface area contributed by atoms with Crippen LogP contribution < -0.4 is 15.5 Å². The molecule has 0 aliphatic rings. The minimum absolute atomic E-state index is 0.0167. The summed E-state index contributed by atoms with van der Waals surface area (Å²) in [5, 5.41) is 39.8. The highest BCUT2D eigenvalue weighted by Gasteiger charge is 2.16. The Balaban J connectivity index is 1.38. The van der Waals surface area contributed by atoms with Crippen molar-refractivity contribution < 1.29 is 19.6 Å². The molecular formula is C26H25N7O5S. The predicted octanol–water partition coefficient (Wildman–Crippen LogP) is 4.09. The SMILES string of the molecule is C=CCn1c(CNc2cccc3ccccc23)nnc1SCC(=O)N/N=C/c1cc([N+](=O)[O-])cc(OC)c1O. The lowest BCUT2D eigenvalue weighted by molar-refractivity contribution is -0.385. The number of anilines is 1. The van der Waals surface area contributed by atoms with Crippen LogP contribution in [0.4, 0.5) is 11.4 Å². The maximum Gasteiger partial charge on any atom is 0.274 e. The number of hydrogen-bond acceptors (Lipinski definition) is 10. The number of carbonyl (C=O) groups is 1. The highest BCUT2D eigenvalue weighted by molar-refractivity contribution is 7.99. The van der Waals surface area contributed by atoms with Crippen molar-refractivity contribution in [3.05, 3.63) is 88.8 Å². The Morgan fingerprint density at radius 1 is 1.26 bits per heavy atom. The van der Waals surface area contributed by atoms with Crippen LogP contribution in [0.2, 0.25) is 0 Å². The zero-order valence-corrected chi connectivity index (χ0v) is 21.7. The average molecular weight is 548 g/mol. The van der Waals surface area contributed by atoms with E-state index in [-0.39, 0.29) is 28.5 Å². The normalized spacial score (nSPS) is 11.0. The van der Waals surface area contributed by atoms with Gasteiger partial charge in [0.2, 0.25) is 0 Å². The zero-order valence-electron chi connectivity index (χ0n) is 20.9. The van der Waals surface area contributed by atoms with E-state index >= 15 is 0 Å². The minimum Gasteiger partial charge on any atom is -0.504 e. The molecule has 0 radical (unpaired) electrons. The Labute approximate surface area is 227 Å². The number of ether oxygens (including phenoxy) is 1. The first-order valence-corrected chi connectivity index (χ1v) is 12.6. The van der Waals surface area contributed by atoms with Gasteiger partial charge in [-0.1, -0.05) is 54.2 Å². The van der Waals surface area contributed by atoms with Crippen LogP contribution in [-0.4, -0.2) is 49.8 Å². The van der Waals surface area contributed by atoms with Gasteiger partial charge in [0.05, 0.1) is 36.6 Å². The van der Waals surface area contributed by atoms with Crippen LogP contribution >= 0.6 is 11.8 Å². The summed E-state index contributed by atoms with van der Waals surface area (Å²) in [5.41, 5.74) is 3.03. The maximum atomic E-state index is 12.4. The van der Waals surface area contributed by atoms with E-state index in [9.17, 15) is 20.0 Å². The Kier molecular flexibility index (Phi) is 8.74. The topological polar surface area (TPSA) is 157 Å². The molecule has 0 unspecified atom stereocenters. The van der Waals surface area contributed by atoms with Crippen molar-refractivity contribution in [1.82, 2.24) is 20.2 Å². The fourth-order valence-corrected chi connectivity index (χ4v) is 4.49. The maximum absolute atomic E-state index is 12.4. The van der Waals surface area contributed by atoms with Crippen LogP contribution in [0.25, 0.3) is 10.8 Å². The van der Waals surface area contributed by atoms with Crippen molar-refractivity contribution in [3.8, 4) is 11.5 Å². The molecule has 13 heteroatoms. The lowest BCUT2D eigenvalue weighted by atomic mass is 10.1. The number of amides is 1. The van der Waals surface area contributed by atoms with E-state index in [1.165, 1.54) is 18.9 Å². The highest BCUT2D eigenvalue weighted by Crippen LogP contribution is 2.33. The van der Waals surface area contributed by atoms with Gasteiger partial charge in [-0.15, -0.1) is 16.8 Å². The monoisotopic (exact) mass is 547 g/mol. The number of nitro benzene ring substituents is 1. The van der Waals surface area contributed by atoms with Gasteiger partial charge in [0.25, 0.3) is 11.6 Å². The van der Waals surface area contributed by atoms with E-state index in [1.807, 2.05) is 47.0 Å². The molecule has 0 spiro atoms. The number of phenolic OH excluding ortho intramolecular Hbond substituents is 1. The quantitative estimate of drug-likeness (QED) is 0.0781. The molecule has 12 nitrogen and oxygen atoms in total. The molecule has 39 heavy (non-hydrogen) atoms. The number of aromatic nitrogens is 3. The number of hydrazone groups is 1. The molecule has 1 amide bonds. The summed E-state index contributed by atoms with van der Waals surface area (Å²) < 4.78 is 6.81. The fraction of sp³-hybridized carbons (Fsp3) is 0.154. The molecule has 200 valence electrons. The van der Waals surface area contributed by atoms with Crippen molar-refractivity contribution in [3.63, 3.8) is 0 Å². The molecule has 3 N–H and O–H groups in total. The molecule has 0 fully saturated rings. The van der Waals surface area contributed by atoms with Crippen LogP contribution in [0.3, 0.4) is 0 Å². The van der Waals surface area contributed by atoms with Gasteiger partial charge in [0, 0.05) is 29.2 Å². The van der Waals surface area contributed by atoms with Gasteiger partial charge in [0.15, 0.2) is 22.5 Å². The summed E-state index contributed by atoms with van der Waals surface area (Å²) in [6.07, 6.45) is 2.82. The Bertz CT molecular complexity index is 1550.